The lowest BCUT2D eigenvalue weighted by Crippen LogP contribution is -2.38. The van der Waals surface area contributed by atoms with Crippen molar-refractivity contribution in [3.63, 3.8) is 0 Å². The SMILES string of the molecule is CC(C)c1nc(S[C@@H](C)C(=O)NC(=O)Nc2ccccc2)n[nH]1. The number of rotatable bonds is 5. The van der Waals surface area contributed by atoms with Crippen LogP contribution in [0.15, 0.2) is 35.5 Å². The second-order valence-corrected chi connectivity index (χ2v) is 6.54. The van der Waals surface area contributed by atoms with Crippen molar-refractivity contribution in [2.45, 2.75) is 37.1 Å². The number of urea groups is 1. The van der Waals surface area contributed by atoms with Crippen molar-refractivity contribution < 1.29 is 9.59 Å². The Morgan fingerprint density at radius 3 is 2.48 bits per heavy atom. The molecule has 1 aromatic heterocycles. The topological polar surface area (TPSA) is 99.8 Å². The molecule has 2 rings (SSSR count). The third-order valence-electron chi connectivity index (χ3n) is 2.95. The van der Waals surface area contributed by atoms with Gasteiger partial charge < -0.3 is 5.32 Å². The lowest BCUT2D eigenvalue weighted by molar-refractivity contribution is -0.119. The van der Waals surface area contributed by atoms with E-state index in [1.54, 1.807) is 31.2 Å². The Labute approximate surface area is 138 Å². The maximum absolute atomic E-state index is 12.0. The van der Waals surface area contributed by atoms with Crippen LogP contribution in [0.1, 0.15) is 32.5 Å². The third-order valence-corrected chi connectivity index (χ3v) is 3.91. The number of aromatic nitrogens is 3. The van der Waals surface area contributed by atoms with Gasteiger partial charge in [-0.15, -0.1) is 5.10 Å². The summed E-state index contributed by atoms with van der Waals surface area (Å²) in [6, 6.07) is 8.35. The van der Waals surface area contributed by atoms with Crippen molar-refractivity contribution in [2.24, 2.45) is 0 Å². The predicted molar refractivity (Wildman–Crippen MR) is 89.4 cm³/mol. The molecule has 0 aliphatic rings. The van der Waals surface area contributed by atoms with Crippen LogP contribution in [0.3, 0.4) is 0 Å². The molecule has 2 aromatic rings. The number of para-hydroxylation sites is 1. The molecule has 1 aromatic carbocycles. The summed E-state index contributed by atoms with van der Waals surface area (Å²) in [6.45, 7) is 5.69. The highest BCUT2D eigenvalue weighted by Gasteiger charge is 2.19. The van der Waals surface area contributed by atoms with Gasteiger partial charge in [0.2, 0.25) is 11.1 Å². The van der Waals surface area contributed by atoms with Crippen LogP contribution >= 0.6 is 11.8 Å². The molecule has 8 heteroatoms. The van der Waals surface area contributed by atoms with E-state index in [2.05, 4.69) is 25.8 Å². The molecule has 0 aliphatic heterocycles. The molecular formula is C15H19N5O2S. The quantitative estimate of drug-likeness (QED) is 0.731. The van der Waals surface area contributed by atoms with Crippen molar-refractivity contribution in [3.8, 4) is 0 Å². The highest BCUT2D eigenvalue weighted by molar-refractivity contribution is 8.00. The Hall–Kier alpha value is -2.35. The first-order valence-electron chi connectivity index (χ1n) is 7.21. The fourth-order valence-electron chi connectivity index (χ4n) is 1.68. The van der Waals surface area contributed by atoms with Crippen LogP contribution in [0.25, 0.3) is 0 Å². The maximum Gasteiger partial charge on any atom is 0.325 e. The summed E-state index contributed by atoms with van der Waals surface area (Å²) in [5.41, 5.74) is 0.619. The lowest BCUT2D eigenvalue weighted by atomic mass is 10.2. The van der Waals surface area contributed by atoms with Crippen LogP contribution < -0.4 is 10.6 Å². The number of carbonyl (C=O) groups is 2. The maximum atomic E-state index is 12.0. The van der Waals surface area contributed by atoms with Crippen molar-refractivity contribution in [3.05, 3.63) is 36.2 Å². The van der Waals surface area contributed by atoms with Gasteiger partial charge in [-0.3, -0.25) is 15.2 Å². The second kappa shape index (κ2) is 7.77. The minimum atomic E-state index is -0.563. The van der Waals surface area contributed by atoms with Crippen molar-refractivity contribution in [1.82, 2.24) is 20.5 Å². The molecule has 1 atom stereocenters. The number of nitrogens with one attached hydrogen (secondary N) is 3. The highest BCUT2D eigenvalue weighted by Crippen LogP contribution is 2.21. The second-order valence-electron chi connectivity index (χ2n) is 5.23. The molecular weight excluding hydrogens is 314 g/mol. The van der Waals surface area contributed by atoms with E-state index in [4.69, 9.17) is 0 Å². The molecule has 0 saturated carbocycles. The molecule has 3 amide bonds. The summed E-state index contributed by atoms with van der Waals surface area (Å²) >= 11 is 1.19. The minimum Gasteiger partial charge on any atom is -0.308 e. The Morgan fingerprint density at radius 1 is 1.17 bits per heavy atom. The predicted octanol–water partition coefficient (Wildman–Crippen LogP) is 2.76. The molecule has 0 bridgehead atoms. The highest BCUT2D eigenvalue weighted by atomic mass is 32.2. The summed E-state index contributed by atoms with van der Waals surface area (Å²) in [7, 11) is 0. The fourth-order valence-corrected chi connectivity index (χ4v) is 2.41. The molecule has 0 spiro atoms. The first-order chi connectivity index (χ1) is 11.0. The molecule has 122 valence electrons. The molecule has 1 heterocycles. The molecule has 0 fully saturated rings. The number of amides is 3. The third kappa shape index (κ3) is 5.10. The smallest absolute Gasteiger partial charge is 0.308 e. The monoisotopic (exact) mass is 333 g/mol. The van der Waals surface area contributed by atoms with E-state index >= 15 is 0 Å². The van der Waals surface area contributed by atoms with Gasteiger partial charge in [0.25, 0.3) is 0 Å². The fraction of sp³-hybridized carbons (Fsp3) is 0.333. The number of nitrogens with zero attached hydrogens (tertiary/aromatic N) is 2. The van der Waals surface area contributed by atoms with Crippen LogP contribution in [0, 0.1) is 0 Å². The van der Waals surface area contributed by atoms with E-state index in [1.165, 1.54) is 11.8 Å². The van der Waals surface area contributed by atoms with E-state index < -0.39 is 17.2 Å². The van der Waals surface area contributed by atoms with Crippen LogP contribution in [0.5, 0.6) is 0 Å². The number of aromatic amines is 1. The van der Waals surface area contributed by atoms with Gasteiger partial charge in [-0.1, -0.05) is 43.8 Å². The number of thioether (sulfide) groups is 1. The van der Waals surface area contributed by atoms with E-state index in [0.717, 1.165) is 5.82 Å². The van der Waals surface area contributed by atoms with Crippen molar-refractivity contribution in [1.29, 1.82) is 0 Å². The van der Waals surface area contributed by atoms with E-state index in [9.17, 15) is 9.59 Å². The number of hydrogen-bond donors (Lipinski definition) is 3. The van der Waals surface area contributed by atoms with Crippen LogP contribution in [-0.4, -0.2) is 32.4 Å². The molecule has 0 aliphatic carbocycles. The van der Waals surface area contributed by atoms with Gasteiger partial charge >= 0.3 is 6.03 Å². The van der Waals surface area contributed by atoms with E-state index in [1.807, 2.05) is 19.9 Å². The number of benzene rings is 1. The first-order valence-corrected chi connectivity index (χ1v) is 8.09. The summed E-state index contributed by atoms with van der Waals surface area (Å²) in [5.74, 6) is 0.596. The van der Waals surface area contributed by atoms with Gasteiger partial charge in [-0.2, -0.15) is 0 Å². The standard InChI is InChI=1S/C15H19N5O2S/c1-9(2)12-17-15(20-19-12)23-10(3)13(21)18-14(22)16-11-7-5-4-6-8-11/h4-10H,1-3H3,(H,17,19,20)(H2,16,18,21,22)/t10-/m0/s1. The van der Waals surface area contributed by atoms with Crippen LogP contribution in [0.2, 0.25) is 0 Å². The Balaban J connectivity index is 1.85. The molecule has 0 saturated heterocycles. The summed E-state index contributed by atoms with van der Waals surface area (Å²) in [6.07, 6.45) is 0. The number of anilines is 1. The lowest BCUT2D eigenvalue weighted by Gasteiger charge is -2.10. The zero-order chi connectivity index (χ0) is 16.8. The van der Waals surface area contributed by atoms with Gasteiger partial charge in [-0.25, -0.2) is 9.78 Å². The molecule has 7 nitrogen and oxygen atoms in total. The van der Waals surface area contributed by atoms with Gasteiger partial charge in [0.15, 0.2) is 0 Å². The molecule has 23 heavy (non-hydrogen) atoms. The Bertz CT molecular complexity index is 672. The van der Waals surface area contributed by atoms with Crippen molar-refractivity contribution in [2.75, 3.05) is 5.32 Å². The van der Waals surface area contributed by atoms with E-state index in [0.29, 0.717) is 10.8 Å². The first kappa shape index (κ1) is 17.0. The Morgan fingerprint density at radius 2 is 1.87 bits per heavy atom. The zero-order valence-corrected chi connectivity index (χ0v) is 14.0. The Kier molecular flexibility index (Phi) is 5.75. The largest absolute Gasteiger partial charge is 0.325 e. The average molecular weight is 333 g/mol. The van der Waals surface area contributed by atoms with Crippen LogP contribution in [0.4, 0.5) is 10.5 Å². The van der Waals surface area contributed by atoms with Crippen molar-refractivity contribution >= 4 is 29.4 Å². The van der Waals surface area contributed by atoms with Gasteiger partial charge in [0, 0.05) is 11.6 Å². The van der Waals surface area contributed by atoms with Gasteiger partial charge in [0.1, 0.15) is 5.82 Å². The number of H-pyrrole nitrogens is 1. The van der Waals surface area contributed by atoms with Crippen LogP contribution in [-0.2, 0) is 4.79 Å². The summed E-state index contributed by atoms with van der Waals surface area (Å²) in [5, 5.41) is 11.8. The summed E-state index contributed by atoms with van der Waals surface area (Å²) in [4.78, 5) is 28.1. The minimum absolute atomic E-state index is 0.234. The summed E-state index contributed by atoms with van der Waals surface area (Å²) < 4.78 is 0. The number of hydrogen-bond acceptors (Lipinski definition) is 5. The zero-order valence-electron chi connectivity index (χ0n) is 13.2. The van der Waals surface area contributed by atoms with E-state index in [-0.39, 0.29) is 5.92 Å². The average Bonchev–Trinajstić information content (AvgIpc) is 2.96. The number of imide groups is 1. The number of carbonyl (C=O) groups excluding carboxylic acids is 2. The van der Waals surface area contributed by atoms with Gasteiger partial charge in [0.05, 0.1) is 5.25 Å². The molecule has 0 radical (unpaired) electrons. The molecule has 3 N–H and O–H groups in total. The van der Waals surface area contributed by atoms with Gasteiger partial charge in [-0.05, 0) is 19.1 Å². The molecule has 0 unspecified atom stereocenters. The normalized spacial score (nSPS) is 12.0.